The van der Waals surface area contributed by atoms with Crippen LogP contribution in [0.15, 0.2) is 29.1 Å². The molecular weight excluding hydrogens is 204 g/mol. The van der Waals surface area contributed by atoms with Crippen molar-refractivity contribution in [1.29, 1.82) is 0 Å². The fourth-order valence-corrected chi connectivity index (χ4v) is 1.47. The van der Waals surface area contributed by atoms with Gasteiger partial charge in [-0.05, 0) is 35.9 Å². The van der Waals surface area contributed by atoms with E-state index in [0.29, 0.717) is 6.54 Å². The Morgan fingerprint density at radius 2 is 1.88 bits per heavy atom. The second-order valence-corrected chi connectivity index (χ2v) is 3.73. The van der Waals surface area contributed by atoms with Crippen molar-refractivity contribution in [2.45, 2.75) is 26.8 Å². The molecule has 5 nitrogen and oxygen atoms in total. The largest absolute Gasteiger partial charge is 0.368 e. The van der Waals surface area contributed by atoms with Gasteiger partial charge in [0.2, 0.25) is 0 Å². The number of nitrogens with zero attached hydrogens (tertiary/aromatic N) is 4. The van der Waals surface area contributed by atoms with Crippen LogP contribution in [0, 0.1) is 6.92 Å². The van der Waals surface area contributed by atoms with E-state index in [9.17, 15) is 4.79 Å². The molecule has 2 rings (SSSR count). The molecule has 0 unspecified atom stereocenters. The lowest BCUT2D eigenvalue weighted by atomic mass is 10.2. The van der Waals surface area contributed by atoms with Crippen LogP contribution < -0.4 is 5.69 Å². The highest BCUT2D eigenvalue weighted by Gasteiger charge is 2.07. The van der Waals surface area contributed by atoms with E-state index in [2.05, 4.69) is 10.4 Å². The van der Waals surface area contributed by atoms with Crippen LogP contribution in [-0.4, -0.2) is 19.8 Å². The van der Waals surface area contributed by atoms with Crippen molar-refractivity contribution < 1.29 is 0 Å². The molecular formula is C11H14N4O. The van der Waals surface area contributed by atoms with E-state index >= 15 is 0 Å². The summed E-state index contributed by atoms with van der Waals surface area (Å²) in [6, 6.07) is 7.62. The molecule has 16 heavy (non-hydrogen) atoms. The van der Waals surface area contributed by atoms with Gasteiger partial charge in [-0.25, -0.2) is 4.79 Å². The van der Waals surface area contributed by atoms with Crippen LogP contribution >= 0.6 is 0 Å². The number of benzene rings is 1. The fraction of sp³-hybridized carbons (Fsp3) is 0.364. The van der Waals surface area contributed by atoms with Gasteiger partial charge in [-0.3, -0.25) is 0 Å². The van der Waals surface area contributed by atoms with Gasteiger partial charge in [-0.2, -0.15) is 9.36 Å². The van der Waals surface area contributed by atoms with Crippen molar-refractivity contribution in [3.63, 3.8) is 0 Å². The number of aryl methyl sites for hydroxylation is 2. The van der Waals surface area contributed by atoms with Gasteiger partial charge < -0.3 is 0 Å². The van der Waals surface area contributed by atoms with Crippen LogP contribution in [0.1, 0.15) is 18.9 Å². The molecule has 0 bridgehead atoms. The Balaban J connectivity index is 2.41. The summed E-state index contributed by atoms with van der Waals surface area (Å²) >= 11 is 0. The van der Waals surface area contributed by atoms with Crippen LogP contribution in [-0.2, 0) is 6.54 Å². The lowest BCUT2D eigenvalue weighted by Crippen LogP contribution is -2.24. The molecule has 1 heterocycles. The summed E-state index contributed by atoms with van der Waals surface area (Å²) in [4.78, 5) is 11.8. The lowest BCUT2D eigenvalue weighted by Gasteiger charge is -1.98. The summed E-state index contributed by atoms with van der Waals surface area (Å²) in [5.41, 5.74) is 1.71. The maximum Gasteiger partial charge on any atom is 0.368 e. The van der Waals surface area contributed by atoms with Crippen molar-refractivity contribution in [2.24, 2.45) is 0 Å². The molecule has 0 aliphatic heterocycles. The molecule has 0 N–H and O–H groups in total. The Hall–Kier alpha value is -1.91. The van der Waals surface area contributed by atoms with Crippen LogP contribution in [0.2, 0.25) is 0 Å². The van der Waals surface area contributed by atoms with Gasteiger partial charge >= 0.3 is 5.69 Å². The van der Waals surface area contributed by atoms with Gasteiger partial charge in [0.05, 0.1) is 5.69 Å². The smallest absolute Gasteiger partial charge is 0.244 e. The van der Waals surface area contributed by atoms with E-state index in [1.54, 1.807) is 0 Å². The Morgan fingerprint density at radius 1 is 1.19 bits per heavy atom. The van der Waals surface area contributed by atoms with Gasteiger partial charge in [0, 0.05) is 6.54 Å². The highest BCUT2D eigenvalue weighted by Crippen LogP contribution is 2.04. The van der Waals surface area contributed by atoms with E-state index in [4.69, 9.17) is 0 Å². The Kier molecular flexibility index (Phi) is 2.85. The van der Waals surface area contributed by atoms with Crippen LogP contribution in [0.5, 0.6) is 0 Å². The minimum Gasteiger partial charge on any atom is -0.244 e. The molecule has 0 saturated carbocycles. The van der Waals surface area contributed by atoms with Gasteiger partial charge in [-0.15, -0.1) is 0 Å². The van der Waals surface area contributed by atoms with E-state index in [1.165, 1.54) is 9.36 Å². The molecule has 0 atom stereocenters. The Labute approximate surface area is 93.3 Å². The first-order valence-electron chi connectivity index (χ1n) is 5.32. The van der Waals surface area contributed by atoms with Crippen molar-refractivity contribution in [3.05, 3.63) is 40.3 Å². The highest BCUT2D eigenvalue weighted by atomic mass is 16.2. The zero-order valence-corrected chi connectivity index (χ0v) is 9.42. The van der Waals surface area contributed by atoms with Crippen molar-refractivity contribution >= 4 is 0 Å². The number of aromatic nitrogens is 4. The fourth-order valence-electron chi connectivity index (χ4n) is 1.47. The second kappa shape index (κ2) is 4.30. The monoisotopic (exact) mass is 218 g/mol. The zero-order valence-electron chi connectivity index (χ0n) is 9.42. The molecule has 0 amide bonds. The third kappa shape index (κ3) is 1.88. The normalized spacial score (nSPS) is 10.6. The first-order chi connectivity index (χ1) is 7.72. The van der Waals surface area contributed by atoms with Gasteiger partial charge in [0.15, 0.2) is 0 Å². The molecule has 2 aromatic rings. The predicted octanol–water partition coefficient (Wildman–Crippen LogP) is 1.15. The van der Waals surface area contributed by atoms with Gasteiger partial charge in [0.1, 0.15) is 0 Å². The molecule has 84 valence electrons. The van der Waals surface area contributed by atoms with Crippen LogP contribution in [0.4, 0.5) is 0 Å². The highest BCUT2D eigenvalue weighted by molar-refractivity contribution is 5.32. The quantitative estimate of drug-likeness (QED) is 0.776. The zero-order chi connectivity index (χ0) is 11.5. The molecule has 1 aromatic carbocycles. The number of rotatable bonds is 3. The molecule has 0 spiro atoms. The number of hydrogen-bond donors (Lipinski definition) is 0. The van der Waals surface area contributed by atoms with E-state index in [-0.39, 0.29) is 5.69 Å². The van der Waals surface area contributed by atoms with Crippen LogP contribution in [0.3, 0.4) is 0 Å². The van der Waals surface area contributed by atoms with E-state index in [0.717, 1.165) is 17.7 Å². The van der Waals surface area contributed by atoms with Gasteiger partial charge in [0.25, 0.3) is 0 Å². The molecule has 1 aromatic heterocycles. The Morgan fingerprint density at radius 3 is 2.50 bits per heavy atom. The maximum atomic E-state index is 11.8. The first-order valence-corrected chi connectivity index (χ1v) is 5.32. The second-order valence-electron chi connectivity index (χ2n) is 3.73. The lowest BCUT2D eigenvalue weighted by molar-refractivity contribution is 0.564. The van der Waals surface area contributed by atoms with Crippen LogP contribution in [0.25, 0.3) is 5.69 Å². The molecule has 0 fully saturated rings. The summed E-state index contributed by atoms with van der Waals surface area (Å²) in [5.74, 6) is 0. The number of hydrogen-bond acceptors (Lipinski definition) is 3. The summed E-state index contributed by atoms with van der Waals surface area (Å²) in [5, 5.41) is 7.67. The average Bonchev–Trinajstić information content (AvgIpc) is 2.63. The molecule has 0 aliphatic rings. The third-order valence-corrected chi connectivity index (χ3v) is 2.35. The van der Waals surface area contributed by atoms with Gasteiger partial charge in [-0.1, -0.05) is 24.6 Å². The minimum absolute atomic E-state index is 0.189. The summed E-state index contributed by atoms with van der Waals surface area (Å²) in [6.45, 7) is 4.60. The standard InChI is InChI=1S/C11H14N4O/c1-3-8-14-11(16)15(13-12-14)10-6-4-9(2)5-7-10/h4-7H,3,8H2,1-2H3. The molecule has 0 aliphatic carbocycles. The van der Waals surface area contributed by atoms with E-state index in [1.807, 2.05) is 38.1 Å². The molecule has 0 saturated heterocycles. The molecule has 0 radical (unpaired) electrons. The van der Waals surface area contributed by atoms with Crippen molar-refractivity contribution in [2.75, 3.05) is 0 Å². The topological polar surface area (TPSA) is 52.7 Å². The molecule has 5 heteroatoms. The minimum atomic E-state index is -0.189. The predicted molar refractivity (Wildman–Crippen MR) is 60.6 cm³/mol. The Bertz CT molecular complexity index is 524. The SMILES string of the molecule is CCCn1nnn(-c2ccc(C)cc2)c1=O. The maximum absolute atomic E-state index is 11.8. The summed E-state index contributed by atoms with van der Waals surface area (Å²) in [6.07, 6.45) is 0.868. The van der Waals surface area contributed by atoms with Crippen molar-refractivity contribution in [1.82, 2.24) is 19.8 Å². The summed E-state index contributed by atoms with van der Waals surface area (Å²) < 4.78 is 2.69. The third-order valence-electron chi connectivity index (χ3n) is 2.35. The average molecular weight is 218 g/mol. The first kappa shape index (κ1) is 10.6. The summed E-state index contributed by atoms with van der Waals surface area (Å²) in [7, 11) is 0. The van der Waals surface area contributed by atoms with E-state index < -0.39 is 0 Å². The number of tetrazole rings is 1. The van der Waals surface area contributed by atoms with Crippen molar-refractivity contribution in [3.8, 4) is 5.69 Å².